The van der Waals surface area contributed by atoms with Crippen LogP contribution in [0.4, 0.5) is 5.95 Å². The predicted octanol–water partition coefficient (Wildman–Crippen LogP) is -1.70. The second-order valence-electron chi connectivity index (χ2n) is 5.74. The molecule has 4 atom stereocenters. The third-order valence-electron chi connectivity index (χ3n) is 4.17. The minimum Gasteiger partial charge on any atom is -0.394 e. The van der Waals surface area contributed by atoms with Crippen LogP contribution in [0.3, 0.4) is 0 Å². The number of nitrogen functional groups attached to an aromatic ring is 1. The van der Waals surface area contributed by atoms with Gasteiger partial charge in [0.25, 0.3) is 0 Å². The number of aromatic nitrogens is 5. The number of anilines is 1. The van der Waals surface area contributed by atoms with Crippen molar-refractivity contribution in [2.75, 3.05) is 12.3 Å². The van der Waals surface area contributed by atoms with E-state index < -0.39 is 31.1 Å². The number of fused-ring (bicyclic) bond motifs is 1. The number of ether oxygens (including phenoxy) is 1. The highest BCUT2D eigenvalue weighted by atomic mass is 16.6. The molecule has 0 unspecified atom stereocenters. The van der Waals surface area contributed by atoms with Crippen LogP contribution in [0.1, 0.15) is 6.23 Å². The maximum Gasteiger partial charge on any atom is 0.361 e. The molecule has 4 heterocycles. The van der Waals surface area contributed by atoms with Crippen molar-refractivity contribution < 1.29 is 24.6 Å². The summed E-state index contributed by atoms with van der Waals surface area (Å²) in [6, 6.07) is 5.55. The number of imidazole rings is 1. The average Bonchev–Trinajstić information content (AvgIpc) is 3.16. The monoisotopic (exact) mass is 345 g/mol. The van der Waals surface area contributed by atoms with Gasteiger partial charge < -0.3 is 25.8 Å². The van der Waals surface area contributed by atoms with Crippen molar-refractivity contribution in [1.82, 2.24) is 19.5 Å². The van der Waals surface area contributed by atoms with Crippen molar-refractivity contribution in [3.63, 3.8) is 0 Å². The molecule has 25 heavy (non-hydrogen) atoms. The predicted molar refractivity (Wildman–Crippen MR) is 84.3 cm³/mol. The van der Waals surface area contributed by atoms with Gasteiger partial charge in [-0.3, -0.25) is 4.57 Å². The first-order chi connectivity index (χ1) is 12.1. The van der Waals surface area contributed by atoms with Crippen molar-refractivity contribution in [1.29, 1.82) is 0 Å². The molecule has 0 aliphatic carbocycles. The van der Waals surface area contributed by atoms with Crippen molar-refractivity contribution >= 4 is 17.1 Å². The highest BCUT2D eigenvalue weighted by molar-refractivity contribution is 5.77. The van der Waals surface area contributed by atoms with Gasteiger partial charge in [-0.25, -0.2) is 9.55 Å². The van der Waals surface area contributed by atoms with Crippen LogP contribution in [0.2, 0.25) is 0 Å². The summed E-state index contributed by atoms with van der Waals surface area (Å²) in [5, 5.41) is 29.4. The van der Waals surface area contributed by atoms with Crippen molar-refractivity contribution in [3.05, 3.63) is 36.9 Å². The Balaban J connectivity index is 1.84. The van der Waals surface area contributed by atoms with Crippen molar-refractivity contribution in [2.24, 2.45) is 0 Å². The van der Waals surface area contributed by atoms with Crippen molar-refractivity contribution in [2.45, 2.75) is 24.5 Å². The van der Waals surface area contributed by atoms with Crippen LogP contribution in [-0.4, -0.2) is 59.8 Å². The van der Waals surface area contributed by atoms with Crippen LogP contribution >= 0.6 is 0 Å². The topological polar surface area (TPSA) is 143 Å². The molecule has 10 heteroatoms. The fourth-order valence-corrected chi connectivity index (χ4v) is 2.93. The summed E-state index contributed by atoms with van der Waals surface area (Å²) in [6.07, 6.45) is 0.749. The zero-order chi connectivity index (χ0) is 17.6. The molecule has 1 aliphatic rings. The molecule has 5 N–H and O–H groups in total. The summed E-state index contributed by atoms with van der Waals surface area (Å²) in [7, 11) is 0. The first-order valence-electron chi connectivity index (χ1n) is 7.69. The van der Waals surface area contributed by atoms with Crippen LogP contribution in [0.25, 0.3) is 17.0 Å². The maximum absolute atomic E-state index is 10.2. The molecule has 10 nitrogen and oxygen atoms in total. The van der Waals surface area contributed by atoms with E-state index in [4.69, 9.17) is 10.5 Å². The lowest BCUT2D eigenvalue weighted by Gasteiger charge is -2.16. The lowest BCUT2D eigenvalue weighted by Crippen LogP contribution is -2.33. The molecule has 1 aliphatic heterocycles. The van der Waals surface area contributed by atoms with Crippen LogP contribution in [-0.2, 0) is 4.74 Å². The zero-order valence-electron chi connectivity index (χ0n) is 13.0. The SMILES string of the molecule is Nc1nc(-[n+]2ccccc2)c2ncn([C@@H]3O[C@H](CO)[C@@H](O)[C@H]3O)c2n1. The van der Waals surface area contributed by atoms with E-state index in [0.717, 1.165) is 0 Å². The molecule has 4 rings (SSSR count). The van der Waals surface area contributed by atoms with Gasteiger partial charge in [-0.05, 0) is 12.1 Å². The summed E-state index contributed by atoms with van der Waals surface area (Å²) < 4.78 is 8.76. The molecule has 0 spiro atoms. The Morgan fingerprint density at radius 3 is 2.60 bits per heavy atom. The smallest absolute Gasteiger partial charge is 0.361 e. The van der Waals surface area contributed by atoms with E-state index in [2.05, 4.69) is 15.0 Å². The average molecular weight is 345 g/mol. The molecular weight excluding hydrogens is 328 g/mol. The normalized spacial score (nSPS) is 26.4. The van der Waals surface area contributed by atoms with E-state index in [1.165, 1.54) is 10.9 Å². The summed E-state index contributed by atoms with van der Waals surface area (Å²) in [6.45, 7) is -0.413. The van der Waals surface area contributed by atoms with Gasteiger partial charge in [-0.2, -0.15) is 4.98 Å². The fourth-order valence-electron chi connectivity index (χ4n) is 2.93. The van der Waals surface area contributed by atoms with Crippen LogP contribution in [0, 0.1) is 0 Å². The lowest BCUT2D eigenvalue weighted by molar-refractivity contribution is -0.598. The fraction of sp³-hybridized carbons (Fsp3) is 0.333. The first kappa shape index (κ1) is 15.8. The van der Waals surface area contributed by atoms with Gasteiger partial charge in [0.05, 0.1) is 25.3 Å². The summed E-state index contributed by atoms with van der Waals surface area (Å²) in [5.41, 5.74) is 6.65. The molecule has 3 aromatic rings. The van der Waals surface area contributed by atoms with E-state index >= 15 is 0 Å². The third-order valence-corrected chi connectivity index (χ3v) is 4.17. The van der Waals surface area contributed by atoms with Gasteiger partial charge in [0.2, 0.25) is 5.52 Å². The Kier molecular flexibility index (Phi) is 3.81. The molecule has 0 bridgehead atoms. The molecule has 0 saturated carbocycles. The van der Waals surface area contributed by atoms with Gasteiger partial charge >= 0.3 is 11.8 Å². The lowest BCUT2D eigenvalue weighted by atomic mass is 10.1. The Hall–Kier alpha value is -2.66. The zero-order valence-corrected chi connectivity index (χ0v) is 13.0. The van der Waals surface area contributed by atoms with E-state index in [1.807, 2.05) is 18.2 Å². The molecule has 3 aromatic heterocycles. The first-order valence-corrected chi connectivity index (χ1v) is 7.69. The van der Waals surface area contributed by atoms with E-state index in [0.29, 0.717) is 17.0 Å². The summed E-state index contributed by atoms with van der Waals surface area (Å²) in [5.74, 6) is 0.515. The Morgan fingerprint density at radius 2 is 1.92 bits per heavy atom. The quantitative estimate of drug-likeness (QED) is 0.411. The minimum atomic E-state index is -1.24. The van der Waals surface area contributed by atoms with Gasteiger partial charge in [0, 0.05) is 4.98 Å². The largest absolute Gasteiger partial charge is 0.394 e. The minimum absolute atomic E-state index is 0.0346. The Morgan fingerprint density at radius 1 is 1.16 bits per heavy atom. The molecule has 130 valence electrons. The number of nitrogens with zero attached hydrogens (tertiary/aromatic N) is 5. The van der Waals surface area contributed by atoms with E-state index in [1.54, 1.807) is 17.0 Å². The summed E-state index contributed by atoms with van der Waals surface area (Å²) >= 11 is 0. The maximum atomic E-state index is 10.2. The van der Waals surface area contributed by atoms with E-state index in [-0.39, 0.29) is 5.95 Å². The van der Waals surface area contributed by atoms with Gasteiger partial charge in [-0.15, -0.1) is 0 Å². The number of rotatable bonds is 3. The molecule has 1 saturated heterocycles. The van der Waals surface area contributed by atoms with Crippen LogP contribution in [0.15, 0.2) is 36.9 Å². The molecular formula is C15H17N6O4+. The highest BCUT2D eigenvalue weighted by Crippen LogP contribution is 2.31. The summed E-state index contributed by atoms with van der Waals surface area (Å²) in [4.78, 5) is 12.8. The highest BCUT2D eigenvalue weighted by Gasteiger charge is 2.44. The van der Waals surface area contributed by atoms with Crippen LogP contribution in [0.5, 0.6) is 0 Å². The second kappa shape index (κ2) is 6.01. The van der Waals surface area contributed by atoms with Gasteiger partial charge in [0.1, 0.15) is 18.3 Å². The number of hydrogen-bond donors (Lipinski definition) is 4. The number of hydrogen-bond acceptors (Lipinski definition) is 8. The van der Waals surface area contributed by atoms with Crippen molar-refractivity contribution in [3.8, 4) is 5.82 Å². The van der Waals surface area contributed by atoms with Gasteiger partial charge in [0.15, 0.2) is 11.9 Å². The molecule has 0 radical (unpaired) electrons. The standard InChI is InChI=1S/C15H17N6O4/c16-15-18-12(20-4-2-1-3-5-20)9-13(19-15)21(7-17-9)14-11(24)10(23)8(6-22)25-14/h1-5,7-8,10-11,14,22-24H,6H2,(H2,16,18,19)/q+1/t8-,10-,11-,14-/m1/s1. The Bertz CT molecular complexity index is 902. The molecule has 1 fully saturated rings. The number of aliphatic hydroxyl groups excluding tert-OH is 3. The number of aliphatic hydroxyl groups is 3. The molecule has 0 amide bonds. The van der Waals surface area contributed by atoms with Crippen LogP contribution < -0.4 is 10.3 Å². The molecule has 0 aromatic carbocycles. The number of nitrogens with two attached hydrogens (primary N) is 1. The second-order valence-corrected chi connectivity index (χ2v) is 5.74. The Labute approximate surface area is 141 Å². The number of pyridine rings is 1. The van der Waals surface area contributed by atoms with E-state index in [9.17, 15) is 15.3 Å². The van der Waals surface area contributed by atoms with Gasteiger partial charge in [-0.1, -0.05) is 6.07 Å². The third kappa shape index (κ3) is 2.51.